The zero-order valence-corrected chi connectivity index (χ0v) is 21.2. The molecule has 5 rings (SSSR count). The maximum atomic E-state index is 8.95. The predicted molar refractivity (Wildman–Crippen MR) is 138 cm³/mol. The van der Waals surface area contributed by atoms with Crippen molar-refractivity contribution in [1.29, 1.82) is 0 Å². The third kappa shape index (κ3) is 6.35. The van der Waals surface area contributed by atoms with Gasteiger partial charge in [-0.2, -0.15) is 0 Å². The van der Waals surface area contributed by atoms with Crippen molar-refractivity contribution in [3.05, 3.63) is 64.3 Å². The van der Waals surface area contributed by atoms with E-state index in [4.69, 9.17) is 25.9 Å². The number of carbonyl (C=O) groups is 1. The molecule has 2 aliphatic heterocycles. The highest BCUT2D eigenvalue weighted by molar-refractivity contribution is 6.31. The molecule has 0 aliphatic carbocycles. The monoisotopic (exact) mass is 499 g/mol. The summed E-state index contributed by atoms with van der Waals surface area (Å²) in [6, 6.07) is 14.9. The molecule has 188 valence electrons. The van der Waals surface area contributed by atoms with Crippen molar-refractivity contribution in [3.8, 4) is 5.75 Å². The van der Waals surface area contributed by atoms with Crippen LogP contribution >= 0.6 is 11.6 Å². The lowest BCUT2D eigenvalue weighted by Crippen LogP contribution is -2.37. The summed E-state index contributed by atoms with van der Waals surface area (Å²) in [6.07, 6.45) is 2.07. The number of morpholine rings is 1. The van der Waals surface area contributed by atoms with Crippen molar-refractivity contribution >= 4 is 29.0 Å². The van der Waals surface area contributed by atoms with Crippen LogP contribution in [0.5, 0.6) is 5.75 Å². The Hall–Kier alpha value is -2.58. The van der Waals surface area contributed by atoms with Crippen molar-refractivity contribution in [3.63, 3.8) is 0 Å². The van der Waals surface area contributed by atoms with Crippen LogP contribution in [0.25, 0.3) is 10.9 Å². The molecular weight excluding hydrogens is 466 g/mol. The van der Waals surface area contributed by atoms with E-state index in [1.807, 2.05) is 6.07 Å². The molecule has 0 bridgehead atoms. The second-order valence-corrected chi connectivity index (χ2v) is 9.33. The molecule has 1 aromatic heterocycles. The van der Waals surface area contributed by atoms with Crippen molar-refractivity contribution in [1.82, 2.24) is 14.8 Å². The van der Waals surface area contributed by atoms with Crippen LogP contribution in [0.2, 0.25) is 5.02 Å². The number of hydrogen-bond donors (Lipinski definition) is 1. The van der Waals surface area contributed by atoms with Gasteiger partial charge in [-0.3, -0.25) is 14.6 Å². The Morgan fingerprint density at radius 2 is 1.89 bits per heavy atom. The fraction of sp³-hybridized carbons (Fsp3) is 0.444. The summed E-state index contributed by atoms with van der Waals surface area (Å²) in [5.41, 5.74) is 5.12. The van der Waals surface area contributed by atoms with Gasteiger partial charge in [0.1, 0.15) is 5.75 Å². The number of H-pyrrole nitrogens is 1. The summed E-state index contributed by atoms with van der Waals surface area (Å²) in [5, 5.41) is 2.04. The van der Waals surface area contributed by atoms with Gasteiger partial charge in [0.15, 0.2) is 0 Å². The smallest absolute Gasteiger partial charge is 0.292 e. The molecular formula is C27H34ClN3O4. The van der Waals surface area contributed by atoms with E-state index in [1.165, 1.54) is 29.3 Å². The summed E-state index contributed by atoms with van der Waals surface area (Å²) in [7, 11) is 3.51. The van der Waals surface area contributed by atoms with Crippen LogP contribution in [-0.2, 0) is 20.7 Å². The molecule has 0 amide bonds. The molecule has 7 nitrogen and oxygen atoms in total. The van der Waals surface area contributed by atoms with E-state index in [1.54, 1.807) is 0 Å². The van der Waals surface area contributed by atoms with E-state index >= 15 is 0 Å². The van der Waals surface area contributed by atoms with Crippen LogP contribution in [0.1, 0.15) is 29.3 Å². The number of fused-ring (bicyclic) bond motifs is 3. The van der Waals surface area contributed by atoms with Crippen LogP contribution in [0, 0.1) is 0 Å². The number of ether oxygens (including phenoxy) is 3. The fourth-order valence-corrected chi connectivity index (χ4v) is 5.02. The van der Waals surface area contributed by atoms with Gasteiger partial charge >= 0.3 is 0 Å². The third-order valence-corrected chi connectivity index (χ3v) is 6.85. The zero-order valence-electron chi connectivity index (χ0n) is 20.5. The Morgan fingerprint density at radius 3 is 2.60 bits per heavy atom. The molecule has 1 atom stereocenters. The summed E-state index contributed by atoms with van der Waals surface area (Å²) in [6.45, 7) is 6.98. The molecule has 1 fully saturated rings. The first kappa shape index (κ1) is 25.5. The van der Waals surface area contributed by atoms with Crippen molar-refractivity contribution < 1.29 is 19.0 Å². The zero-order chi connectivity index (χ0) is 24.6. The summed E-state index contributed by atoms with van der Waals surface area (Å²) < 4.78 is 15.3. The number of halogens is 1. The lowest BCUT2D eigenvalue weighted by Gasteiger charge is -2.33. The number of aromatic amines is 1. The highest BCUT2D eigenvalue weighted by atomic mass is 35.5. The number of likely N-dealkylation sites (N-methyl/N-ethyl adjacent to an activating group) is 1. The average Bonchev–Trinajstić information content (AvgIpc) is 3.25. The molecule has 3 aromatic rings. The molecule has 0 spiro atoms. The maximum absolute atomic E-state index is 8.95. The number of carbonyl (C=O) groups excluding carboxylic acids is 1. The maximum Gasteiger partial charge on any atom is 0.292 e. The highest BCUT2D eigenvalue weighted by Crippen LogP contribution is 2.38. The van der Waals surface area contributed by atoms with Crippen molar-refractivity contribution in [2.45, 2.75) is 18.9 Å². The Morgan fingerprint density at radius 1 is 1.14 bits per heavy atom. The number of nitrogens with one attached hydrogen (secondary N) is 1. The first-order valence-corrected chi connectivity index (χ1v) is 12.5. The Labute approximate surface area is 211 Å². The molecule has 1 unspecified atom stereocenters. The summed E-state index contributed by atoms with van der Waals surface area (Å²) >= 11 is 6.27. The second kappa shape index (κ2) is 12.4. The lowest BCUT2D eigenvalue weighted by molar-refractivity contribution is -0.126. The number of aromatic nitrogens is 1. The van der Waals surface area contributed by atoms with Gasteiger partial charge in [-0.15, -0.1) is 0 Å². The summed E-state index contributed by atoms with van der Waals surface area (Å²) in [5.74, 6) is 0.938. The van der Waals surface area contributed by atoms with Gasteiger partial charge in [0.2, 0.25) is 0 Å². The number of benzene rings is 2. The van der Waals surface area contributed by atoms with Gasteiger partial charge in [0, 0.05) is 47.8 Å². The molecule has 0 radical (unpaired) electrons. The fourth-order valence-electron chi connectivity index (χ4n) is 4.85. The molecule has 35 heavy (non-hydrogen) atoms. The molecule has 2 aromatic carbocycles. The van der Waals surface area contributed by atoms with Gasteiger partial charge in [-0.05, 0) is 61.3 Å². The van der Waals surface area contributed by atoms with Gasteiger partial charge in [0.05, 0.1) is 33.0 Å². The van der Waals surface area contributed by atoms with E-state index in [9.17, 15) is 0 Å². The van der Waals surface area contributed by atoms with Gasteiger partial charge in [-0.25, -0.2) is 0 Å². The van der Waals surface area contributed by atoms with Crippen LogP contribution in [0.4, 0.5) is 0 Å². The van der Waals surface area contributed by atoms with Gasteiger partial charge in [0.25, 0.3) is 6.47 Å². The number of hydrogen-bond acceptors (Lipinski definition) is 6. The van der Waals surface area contributed by atoms with Gasteiger partial charge < -0.3 is 19.2 Å². The molecule has 8 heteroatoms. The largest absolute Gasteiger partial charge is 0.494 e. The third-order valence-electron chi connectivity index (χ3n) is 6.61. The normalized spacial score (nSPS) is 18.4. The molecule has 2 aliphatic rings. The van der Waals surface area contributed by atoms with E-state index in [0.29, 0.717) is 6.47 Å². The minimum atomic E-state index is 0.213. The Bertz CT molecular complexity index is 1100. The van der Waals surface area contributed by atoms with E-state index < -0.39 is 0 Å². The summed E-state index contributed by atoms with van der Waals surface area (Å²) in [4.78, 5) is 17.5. The number of nitrogens with zero attached hydrogens (tertiary/aromatic N) is 2. The number of methoxy groups -OCH3 is 1. The first-order chi connectivity index (χ1) is 17.1. The van der Waals surface area contributed by atoms with E-state index in [-0.39, 0.29) is 6.04 Å². The van der Waals surface area contributed by atoms with Crippen molar-refractivity contribution in [2.24, 2.45) is 0 Å². The minimum Gasteiger partial charge on any atom is -0.494 e. The second-order valence-electron chi connectivity index (χ2n) is 8.90. The quantitative estimate of drug-likeness (QED) is 0.386. The van der Waals surface area contributed by atoms with Crippen LogP contribution < -0.4 is 4.74 Å². The van der Waals surface area contributed by atoms with Crippen molar-refractivity contribution in [2.75, 3.05) is 60.2 Å². The lowest BCUT2D eigenvalue weighted by atomic mass is 9.93. The van der Waals surface area contributed by atoms with Gasteiger partial charge in [-0.1, -0.05) is 23.7 Å². The highest BCUT2D eigenvalue weighted by Gasteiger charge is 2.29. The Kier molecular flexibility index (Phi) is 9.04. The Balaban J connectivity index is 0.000000672. The van der Waals surface area contributed by atoms with E-state index in [0.717, 1.165) is 75.1 Å². The molecule has 1 saturated heterocycles. The topological polar surface area (TPSA) is 67.0 Å². The molecule has 1 N–H and O–H groups in total. The first-order valence-electron chi connectivity index (χ1n) is 12.1. The average molecular weight is 500 g/mol. The standard InChI is InChI=1S/C25H30ClN3O2.C2H4O2/c1-28-11-9-21-22-17-19(26)5-8-23(22)27-24(21)25(28)18-3-6-20(7-4-18)31-14-2-10-29-12-15-30-16-13-29;1-4-2-3/h3-8,17,25,27H,2,9-16H2,1H3;2H,1H3. The SMILES string of the molecule is CN1CCc2c([nH]c3ccc(Cl)cc23)C1c1ccc(OCCCN2CCOCC2)cc1.COC=O. The predicted octanol–water partition coefficient (Wildman–Crippen LogP) is 4.29. The molecule has 3 heterocycles. The van der Waals surface area contributed by atoms with Crippen LogP contribution in [-0.4, -0.2) is 81.4 Å². The molecule has 0 saturated carbocycles. The number of rotatable bonds is 7. The van der Waals surface area contributed by atoms with Crippen LogP contribution in [0.15, 0.2) is 42.5 Å². The minimum absolute atomic E-state index is 0.213. The van der Waals surface area contributed by atoms with E-state index in [2.05, 4.69) is 63.0 Å². The van der Waals surface area contributed by atoms with Crippen LogP contribution in [0.3, 0.4) is 0 Å².